The lowest BCUT2D eigenvalue weighted by molar-refractivity contribution is -0.172. The number of piperazine rings is 1. The number of ketones is 2. The number of cyclic esters (lactones) is 1. The average Bonchev–Trinajstić information content (AvgIpc) is 3.94. The number of carbonyl (C=O) groups excluding carboxylic acids is 4. The molecule has 4 aliphatic carbocycles. The van der Waals surface area contributed by atoms with Crippen molar-refractivity contribution in [3.8, 4) is 11.4 Å². The summed E-state index contributed by atoms with van der Waals surface area (Å²) in [6.45, 7) is 12.0. The lowest BCUT2D eigenvalue weighted by atomic mass is 9.56. The number of anilines is 1. The van der Waals surface area contributed by atoms with Crippen LogP contribution in [0.4, 0.5) is 5.69 Å². The number of hydrogen-bond donors (Lipinski definition) is 1. The van der Waals surface area contributed by atoms with Crippen LogP contribution in [-0.2, 0) is 53.9 Å². The Hall–Kier alpha value is -5.76. The van der Waals surface area contributed by atoms with Gasteiger partial charge < -0.3 is 28.9 Å². The number of fused-ring (bicyclic) bond motifs is 9. The van der Waals surface area contributed by atoms with Gasteiger partial charge in [-0.2, -0.15) is 0 Å². The predicted molar refractivity (Wildman–Crippen MR) is 275 cm³/mol. The van der Waals surface area contributed by atoms with Crippen LogP contribution in [-0.4, -0.2) is 99.9 Å². The Morgan fingerprint density at radius 2 is 1.71 bits per heavy atom. The van der Waals surface area contributed by atoms with Gasteiger partial charge in [-0.15, -0.1) is 0 Å². The van der Waals surface area contributed by atoms with Crippen LogP contribution in [0.25, 0.3) is 22.3 Å². The highest BCUT2D eigenvalue weighted by molar-refractivity contribution is 5.93. The molecule has 13 heteroatoms. The number of aliphatic hydroxyl groups is 1. The third-order valence-corrected chi connectivity index (χ3v) is 18.0. The molecule has 1 unspecified atom stereocenters. The SMILES string of the molecule is CC[C@@]1(O)C(=O)OCc2c1cc1n(c2=O)Cc2cc3c(CN4CCN(CCCCCCN(C)c5ccc([C@H]6CC7[C@@H](CC[C@]7(OC(C)=O)C(C)=O)[C@@H]7CCC8=CC(=O)CCC8=C76)cc5)CC4)cccc3nc2-1. The number of pyridine rings is 2. The van der Waals surface area contributed by atoms with Crippen molar-refractivity contribution >= 4 is 40.1 Å². The summed E-state index contributed by atoms with van der Waals surface area (Å²) in [5.74, 6) is -0.204. The monoisotopic (exact) mass is 976 g/mol. The first-order valence-corrected chi connectivity index (χ1v) is 26.8. The molecule has 378 valence electrons. The minimum absolute atomic E-state index is 0.0224. The zero-order chi connectivity index (χ0) is 50.1. The number of carbonyl (C=O) groups is 4. The van der Waals surface area contributed by atoms with Crippen molar-refractivity contribution in [1.29, 1.82) is 0 Å². The number of hydrogen-bond acceptors (Lipinski definition) is 12. The van der Waals surface area contributed by atoms with Crippen molar-refractivity contribution in [1.82, 2.24) is 19.4 Å². The van der Waals surface area contributed by atoms with E-state index in [0.717, 1.165) is 106 Å². The minimum atomic E-state index is -1.85. The van der Waals surface area contributed by atoms with E-state index in [1.807, 2.05) is 12.1 Å². The third kappa shape index (κ3) is 8.46. The second-order valence-electron chi connectivity index (χ2n) is 22.0. The van der Waals surface area contributed by atoms with Gasteiger partial charge in [-0.1, -0.05) is 49.6 Å². The Kier molecular flexibility index (Phi) is 13.0. The summed E-state index contributed by atoms with van der Waals surface area (Å²) in [6.07, 6.45) is 12.1. The first-order chi connectivity index (χ1) is 34.8. The van der Waals surface area contributed by atoms with Gasteiger partial charge in [-0.05, 0) is 142 Å². The molecule has 4 aromatic rings. The number of Topliss-reactive ketones (excluding diaryl/α,β-unsaturated/α-hetero) is 1. The second kappa shape index (κ2) is 19.3. The molecule has 0 bridgehead atoms. The first-order valence-electron chi connectivity index (χ1n) is 26.8. The lowest BCUT2D eigenvalue weighted by Crippen LogP contribution is -2.50. The van der Waals surface area contributed by atoms with Crippen molar-refractivity contribution in [2.24, 2.45) is 17.8 Å². The van der Waals surface area contributed by atoms with Crippen LogP contribution in [0, 0.1) is 17.8 Å². The maximum atomic E-state index is 13.7. The average molecular weight is 976 g/mol. The Balaban J connectivity index is 0.665. The van der Waals surface area contributed by atoms with E-state index in [1.165, 1.54) is 59.7 Å². The molecule has 2 aromatic carbocycles. The summed E-state index contributed by atoms with van der Waals surface area (Å²) in [4.78, 5) is 77.2. The quantitative estimate of drug-likeness (QED) is 0.0842. The normalized spacial score (nSPS) is 26.8. The number of rotatable bonds is 14. The van der Waals surface area contributed by atoms with Crippen LogP contribution in [0.15, 0.2) is 82.2 Å². The van der Waals surface area contributed by atoms with Gasteiger partial charge in [0.15, 0.2) is 22.8 Å². The van der Waals surface area contributed by atoms with E-state index in [-0.39, 0.29) is 48.0 Å². The van der Waals surface area contributed by atoms with Crippen LogP contribution in [0.5, 0.6) is 0 Å². The lowest BCUT2D eigenvalue weighted by Gasteiger charge is -2.49. The van der Waals surface area contributed by atoms with Crippen LogP contribution in [0.2, 0.25) is 0 Å². The Morgan fingerprint density at radius 3 is 2.47 bits per heavy atom. The molecule has 72 heavy (non-hydrogen) atoms. The molecule has 2 saturated carbocycles. The van der Waals surface area contributed by atoms with Gasteiger partial charge in [0.25, 0.3) is 5.56 Å². The molecule has 3 aliphatic heterocycles. The van der Waals surface area contributed by atoms with Gasteiger partial charge >= 0.3 is 11.9 Å². The van der Waals surface area contributed by atoms with Gasteiger partial charge in [0.1, 0.15) is 6.61 Å². The Labute approximate surface area is 422 Å². The topological polar surface area (TPSA) is 152 Å². The fourth-order valence-electron chi connectivity index (χ4n) is 14.2. The van der Waals surface area contributed by atoms with Gasteiger partial charge in [0, 0.05) is 93.7 Å². The molecule has 7 aliphatic rings. The highest BCUT2D eigenvalue weighted by Crippen LogP contribution is 2.62. The van der Waals surface area contributed by atoms with E-state index in [2.05, 4.69) is 64.2 Å². The van der Waals surface area contributed by atoms with Crippen LogP contribution in [0.1, 0.15) is 132 Å². The van der Waals surface area contributed by atoms with Crippen molar-refractivity contribution in [3.63, 3.8) is 0 Å². The van der Waals surface area contributed by atoms with Crippen molar-refractivity contribution in [2.45, 2.75) is 135 Å². The summed E-state index contributed by atoms with van der Waals surface area (Å²) in [5.41, 5.74) is 8.41. The molecule has 2 aromatic heterocycles. The van der Waals surface area contributed by atoms with E-state index in [9.17, 15) is 29.1 Å². The molecule has 0 amide bonds. The molecule has 13 nitrogen and oxygen atoms in total. The molecule has 3 fully saturated rings. The Bertz CT molecular complexity index is 2980. The first kappa shape index (κ1) is 48.5. The molecular weight excluding hydrogens is 907 g/mol. The summed E-state index contributed by atoms with van der Waals surface area (Å²) in [7, 11) is 2.18. The van der Waals surface area contributed by atoms with E-state index < -0.39 is 17.2 Å². The largest absolute Gasteiger partial charge is 0.458 e. The zero-order valence-corrected chi connectivity index (χ0v) is 42.5. The van der Waals surface area contributed by atoms with Crippen molar-refractivity contribution in [2.75, 3.05) is 51.2 Å². The molecule has 5 heterocycles. The summed E-state index contributed by atoms with van der Waals surface area (Å²) in [6, 6.07) is 19.2. The second-order valence-corrected chi connectivity index (χ2v) is 22.0. The highest BCUT2D eigenvalue weighted by atomic mass is 16.6. The fraction of sp³-hybridized carbons (Fsp3) is 0.525. The highest BCUT2D eigenvalue weighted by Gasteiger charge is 2.60. The number of allylic oxidation sites excluding steroid dienone is 4. The minimum Gasteiger partial charge on any atom is -0.458 e. The molecule has 0 radical (unpaired) electrons. The molecule has 0 spiro atoms. The number of unbranched alkanes of at least 4 members (excludes halogenated alkanes) is 3. The van der Waals surface area contributed by atoms with Crippen molar-refractivity contribution < 1.29 is 33.8 Å². The summed E-state index contributed by atoms with van der Waals surface area (Å²) in [5, 5.41) is 12.3. The van der Waals surface area contributed by atoms with Gasteiger partial charge in [-0.3, -0.25) is 24.1 Å². The number of aromatic nitrogens is 2. The zero-order valence-electron chi connectivity index (χ0n) is 42.5. The van der Waals surface area contributed by atoms with E-state index in [1.54, 1.807) is 24.5 Å². The summed E-state index contributed by atoms with van der Waals surface area (Å²) >= 11 is 0. The smallest absolute Gasteiger partial charge is 0.343 e. The number of esters is 2. The number of ether oxygens (including phenoxy) is 2. The van der Waals surface area contributed by atoms with Crippen LogP contribution < -0.4 is 10.5 Å². The fourth-order valence-corrected chi connectivity index (χ4v) is 14.2. The number of nitrogens with zero attached hydrogens (tertiary/aromatic N) is 5. The molecule has 1 N–H and O–H groups in total. The van der Waals surface area contributed by atoms with E-state index >= 15 is 0 Å². The molecular formula is C59H69N5O8. The molecule has 11 rings (SSSR count). The van der Waals surface area contributed by atoms with Crippen LogP contribution >= 0.6 is 0 Å². The number of benzene rings is 2. The van der Waals surface area contributed by atoms with Gasteiger partial charge in [0.05, 0.1) is 29.0 Å². The summed E-state index contributed by atoms with van der Waals surface area (Å²) < 4.78 is 13.0. The standard InChI is InChI=1S/C59H69N5O8/c1-5-58(70)50-32-53-55-41(34-64(53)56(68)49(50)35-71-57(58)69)30-47-40(11-10-12-52(47)60-55)33-63-27-25-62(26-28-63)24-9-7-6-8-23-61(4)42-16-13-38(14-17-42)48-31-51-45(21-22-59(51,36(2)65)72-37(3)66)46-19-15-39-29-43(67)18-20-44(39)54(46)48/h10-14,16-17,29-30,32,45-46,48,51,70H,5-9,15,18-28,31,33-35H2,1-4H3/t45-,46-,48+,51?,58-,59-/m0/s1. The van der Waals surface area contributed by atoms with Gasteiger partial charge in [-0.25, -0.2) is 9.78 Å². The predicted octanol–water partition coefficient (Wildman–Crippen LogP) is 8.29. The third-order valence-electron chi connectivity index (χ3n) is 18.0. The molecule has 1 saturated heterocycles. The van der Waals surface area contributed by atoms with Gasteiger partial charge in [0.2, 0.25) is 0 Å². The van der Waals surface area contributed by atoms with E-state index in [4.69, 9.17) is 14.5 Å². The molecule has 6 atom stereocenters. The van der Waals surface area contributed by atoms with Crippen LogP contribution in [0.3, 0.4) is 0 Å². The maximum absolute atomic E-state index is 13.7. The maximum Gasteiger partial charge on any atom is 0.343 e. The Morgan fingerprint density at radius 1 is 0.931 bits per heavy atom. The van der Waals surface area contributed by atoms with E-state index in [0.29, 0.717) is 48.0 Å². The van der Waals surface area contributed by atoms with Crippen molar-refractivity contribution in [3.05, 3.63) is 116 Å².